The molecule has 10 heteroatoms. The lowest BCUT2D eigenvalue weighted by atomic mass is 9.98. The zero-order chi connectivity index (χ0) is 24.1. The first-order chi connectivity index (χ1) is 16.4. The highest BCUT2D eigenvalue weighted by Crippen LogP contribution is 2.29. The Morgan fingerprint density at radius 2 is 2.12 bits per heavy atom. The summed E-state index contributed by atoms with van der Waals surface area (Å²) in [5, 5.41) is 0. The largest absolute Gasteiger partial charge is 0.492 e. The third kappa shape index (κ3) is 5.74. The van der Waals surface area contributed by atoms with Crippen LogP contribution in [0, 0.1) is 5.92 Å². The minimum absolute atomic E-state index is 0.0248. The van der Waals surface area contributed by atoms with Crippen molar-refractivity contribution in [3.8, 4) is 5.75 Å². The summed E-state index contributed by atoms with van der Waals surface area (Å²) < 4.78 is 38.5. The summed E-state index contributed by atoms with van der Waals surface area (Å²) in [6, 6.07) is 9.05. The van der Waals surface area contributed by atoms with Crippen LogP contribution >= 0.6 is 0 Å². The second kappa shape index (κ2) is 10.5. The molecule has 0 amide bonds. The van der Waals surface area contributed by atoms with E-state index in [1.54, 1.807) is 31.5 Å². The van der Waals surface area contributed by atoms with Gasteiger partial charge in [0.15, 0.2) is 5.78 Å². The molecule has 0 saturated carbocycles. The summed E-state index contributed by atoms with van der Waals surface area (Å²) in [5.74, 6) is 1.55. The summed E-state index contributed by atoms with van der Waals surface area (Å²) in [6.07, 6.45) is 4.81. The van der Waals surface area contributed by atoms with E-state index < -0.39 is 10.0 Å². The van der Waals surface area contributed by atoms with E-state index >= 15 is 0 Å². The van der Waals surface area contributed by atoms with Gasteiger partial charge in [-0.1, -0.05) is 12.1 Å². The van der Waals surface area contributed by atoms with E-state index in [1.165, 1.54) is 0 Å². The van der Waals surface area contributed by atoms with Gasteiger partial charge in [-0.15, -0.1) is 4.40 Å². The fraction of sp³-hybridized carbons (Fsp3) is 0.458. The second-order valence-electron chi connectivity index (χ2n) is 8.68. The molecular formula is C24H30N4O5S. The summed E-state index contributed by atoms with van der Waals surface area (Å²) >= 11 is 0. The number of fused-ring (bicyclic) bond motifs is 1. The van der Waals surface area contributed by atoms with Crippen LogP contribution in [0.5, 0.6) is 5.75 Å². The van der Waals surface area contributed by atoms with Gasteiger partial charge < -0.3 is 20.1 Å². The standard InChI is InChI=1S/C24H30N4O5S/c1-32-12-4-7-20(29)18-9-10-22(26-13-18)28-11-3-5-17(14-28)15-33-21-8-2-6-19-16-34(30,31)27-24(25)23(19)21/h2,6,8-10,13,17H,3-5,7,11-12,14-16H2,1H3,(H2,25,27)/t17-/m0/s1. The fourth-order valence-electron chi connectivity index (χ4n) is 4.41. The Hall–Kier alpha value is -2.98. The normalized spacial score (nSPS) is 19.3. The van der Waals surface area contributed by atoms with Crippen molar-refractivity contribution in [2.24, 2.45) is 16.0 Å². The quantitative estimate of drug-likeness (QED) is 0.424. The lowest BCUT2D eigenvalue weighted by Gasteiger charge is -2.33. The van der Waals surface area contributed by atoms with Gasteiger partial charge in [0, 0.05) is 50.9 Å². The van der Waals surface area contributed by atoms with Crippen molar-refractivity contribution in [2.75, 3.05) is 38.3 Å². The van der Waals surface area contributed by atoms with Crippen LogP contribution in [-0.2, 0) is 20.5 Å². The van der Waals surface area contributed by atoms with Crippen LogP contribution < -0.4 is 15.4 Å². The minimum Gasteiger partial charge on any atom is -0.492 e. The molecule has 0 aliphatic carbocycles. The lowest BCUT2D eigenvalue weighted by Crippen LogP contribution is -2.38. The molecule has 1 atom stereocenters. The smallest absolute Gasteiger partial charge is 0.259 e. The molecule has 1 fully saturated rings. The van der Waals surface area contributed by atoms with Crippen LogP contribution in [-0.4, -0.2) is 58.4 Å². The molecule has 34 heavy (non-hydrogen) atoms. The monoisotopic (exact) mass is 486 g/mol. The molecule has 4 rings (SSSR count). The summed E-state index contributed by atoms with van der Waals surface area (Å²) in [4.78, 5) is 19.0. The molecule has 3 heterocycles. The highest BCUT2D eigenvalue weighted by atomic mass is 32.2. The molecule has 0 bridgehead atoms. The van der Waals surface area contributed by atoms with Crippen LogP contribution in [0.2, 0.25) is 0 Å². The first kappa shape index (κ1) is 24.2. The number of nitrogens with two attached hydrogens (primary N) is 1. The maximum atomic E-state index is 12.3. The van der Waals surface area contributed by atoms with Crippen molar-refractivity contribution in [1.29, 1.82) is 0 Å². The van der Waals surface area contributed by atoms with Crippen LogP contribution in [0.15, 0.2) is 40.9 Å². The number of carbonyl (C=O) groups excluding carboxylic acids is 1. The van der Waals surface area contributed by atoms with E-state index in [-0.39, 0.29) is 23.3 Å². The third-order valence-corrected chi connectivity index (χ3v) is 7.23. The van der Waals surface area contributed by atoms with Gasteiger partial charge in [0.1, 0.15) is 17.4 Å². The Labute approximate surface area is 200 Å². The van der Waals surface area contributed by atoms with Crippen molar-refractivity contribution >= 4 is 27.5 Å². The Morgan fingerprint density at radius 3 is 2.88 bits per heavy atom. The predicted molar refractivity (Wildman–Crippen MR) is 130 cm³/mol. The zero-order valence-corrected chi connectivity index (χ0v) is 20.1. The van der Waals surface area contributed by atoms with E-state index in [9.17, 15) is 13.2 Å². The number of benzene rings is 1. The summed E-state index contributed by atoms with van der Waals surface area (Å²) in [5.41, 5.74) is 7.73. The number of Topliss-reactive ketones (excluding diaryl/α,β-unsaturated/α-hetero) is 1. The average molecular weight is 487 g/mol. The topological polar surface area (TPSA) is 124 Å². The summed E-state index contributed by atoms with van der Waals surface area (Å²) in [7, 11) is -1.96. The van der Waals surface area contributed by atoms with Gasteiger partial charge in [0.05, 0.1) is 17.9 Å². The molecular weight excluding hydrogens is 456 g/mol. The van der Waals surface area contributed by atoms with Crippen molar-refractivity contribution < 1.29 is 22.7 Å². The Morgan fingerprint density at radius 1 is 1.26 bits per heavy atom. The van der Waals surface area contributed by atoms with E-state index in [0.717, 1.165) is 31.7 Å². The second-order valence-corrected chi connectivity index (χ2v) is 10.3. The molecule has 0 spiro atoms. The van der Waals surface area contributed by atoms with Crippen LogP contribution in [0.3, 0.4) is 0 Å². The number of anilines is 1. The predicted octanol–water partition coefficient (Wildman–Crippen LogP) is 2.54. The minimum atomic E-state index is -3.58. The number of nitrogens with zero attached hydrogens (tertiary/aromatic N) is 3. The van der Waals surface area contributed by atoms with E-state index in [1.807, 2.05) is 12.1 Å². The molecule has 2 N–H and O–H groups in total. The maximum Gasteiger partial charge on any atom is 0.259 e. The van der Waals surface area contributed by atoms with Gasteiger partial charge in [0.25, 0.3) is 10.0 Å². The van der Waals surface area contributed by atoms with Crippen LogP contribution in [0.25, 0.3) is 0 Å². The lowest BCUT2D eigenvalue weighted by molar-refractivity contribution is 0.0963. The number of aromatic nitrogens is 1. The van der Waals surface area contributed by atoms with Gasteiger partial charge in [-0.25, -0.2) is 13.4 Å². The number of ether oxygens (including phenoxy) is 2. The molecule has 2 aliphatic heterocycles. The van der Waals surface area contributed by atoms with E-state index in [2.05, 4.69) is 14.3 Å². The van der Waals surface area contributed by atoms with Crippen molar-refractivity contribution in [2.45, 2.75) is 31.4 Å². The first-order valence-electron chi connectivity index (χ1n) is 11.4. The molecule has 1 saturated heterocycles. The molecule has 9 nitrogen and oxygen atoms in total. The maximum absolute atomic E-state index is 12.3. The SMILES string of the molecule is COCCCC(=O)c1ccc(N2CCC[C@H](COc3cccc4c3C(N)=NS(=O)(=O)C4)C2)nc1. The van der Waals surface area contributed by atoms with Crippen molar-refractivity contribution in [1.82, 2.24) is 4.98 Å². The molecule has 0 radical (unpaired) electrons. The number of rotatable bonds is 9. The number of hydrogen-bond acceptors (Lipinski definition) is 8. The van der Waals surface area contributed by atoms with Crippen LogP contribution in [0.1, 0.15) is 47.2 Å². The number of amidine groups is 1. The number of hydrogen-bond donors (Lipinski definition) is 1. The fourth-order valence-corrected chi connectivity index (χ4v) is 5.50. The van der Waals surface area contributed by atoms with Gasteiger partial charge >= 0.3 is 0 Å². The van der Waals surface area contributed by atoms with Crippen molar-refractivity contribution in [3.05, 3.63) is 53.2 Å². The van der Waals surface area contributed by atoms with Crippen LogP contribution in [0.4, 0.5) is 5.82 Å². The number of ketones is 1. The molecule has 182 valence electrons. The van der Waals surface area contributed by atoms with Gasteiger partial charge in [-0.3, -0.25) is 4.79 Å². The highest BCUT2D eigenvalue weighted by molar-refractivity contribution is 7.89. The number of carbonyl (C=O) groups is 1. The molecule has 1 aromatic carbocycles. The third-order valence-electron chi connectivity index (χ3n) is 6.08. The first-order valence-corrected chi connectivity index (χ1v) is 13.0. The van der Waals surface area contributed by atoms with Gasteiger partial charge in [0.2, 0.25) is 0 Å². The molecule has 0 unspecified atom stereocenters. The average Bonchev–Trinajstić information content (AvgIpc) is 2.82. The molecule has 1 aromatic heterocycles. The number of piperidine rings is 1. The van der Waals surface area contributed by atoms with Gasteiger partial charge in [-0.05, 0) is 43.0 Å². The highest BCUT2D eigenvalue weighted by Gasteiger charge is 2.26. The zero-order valence-electron chi connectivity index (χ0n) is 19.3. The van der Waals surface area contributed by atoms with Gasteiger partial charge in [-0.2, -0.15) is 0 Å². The Kier molecular flexibility index (Phi) is 7.47. The number of pyridine rings is 1. The Bertz CT molecular complexity index is 1160. The number of methoxy groups -OCH3 is 1. The Balaban J connectivity index is 1.37. The number of sulfonamides is 1. The van der Waals surface area contributed by atoms with E-state index in [4.69, 9.17) is 15.2 Å². The molecule has 2 aliphatic rings. The summed E-state index contributed by atoms with van der Waals surface area (Å²) in [6.45, 7) is 2.71. The van der Waals surface area contributed by atoms with E-state index in [0.29, 0.717) is 48.5 Å². The van der Waals surface area contributed by atoms with Crippen molar-refractivity contribution in [3.63, 3.8) is 0 Å². The molecule has 2 aromatic rings.